The van der Waals surface area contributed by atoms with Gasteiger partial charge in [0.2, 0.25) is 0 Å². The van der Waals surface area contributed by atoms with E-state index in [4.69, 9.17) is 9.84 Å². The van der Waals surface area contributed by atoms with Gasteiger partial charge in [-0.1, -0.05) is 15.9 Å². The van der Waals surface area contributed by atoms with E-state index in [2.05, 4.69) is 21.2 Å². The van der Waals surface area contributed by atoms with E-state index in [9.17, 15) is 4.79 Å². The van der Waals surface area contributed by atoms with Gasteiger partial charge in [0.25, 0.3) is 0 Å². The molecule has 0 radical (unpaired) electrons. The Morgan fingerprint density at radius 1 is 1.56 bits per heavy atom. The maximum atomic E-state index is 11.0. The van der Waals surface area contributed by atoms with Crippen LogP contribution in [0.5, 0.6) is 5.75 Å². The van der Waals surface area contributed by atoms with Crippen LogP contribution in [0.25, 0.3) is 0 Å². The Bertz CT molecular complexity index is 476. The van der Waals surface area contributed by atoms with Crippen LogP contribution in [0.2, 0.25) is 0 Å². The standard InChI is InChI=1S/C13H16BrNO3/c1-7-3-10(14)9(5-12(7)18-2)11-4-8(6-15-11)13(16)17/h3,5,8,11,15H,4,6H2,1-2H3,(H,16,17). The minimum atomic E-state index is -0.736. The van der Waals surface area contributed by atoms with Crippen LogP contribution in [-0.2, 0) is 4.79 Å². The second kappa shape index (κ2) is 5.28. The third kappa shape index (κ3) is 2.52. The molecule has 0 aliphatic carbocycles. The number of carboxylic acid groups (broad SMARTS) is 1. The van der Waals surface area contributed by atoms with Gasteiger partial charge >= 0.3 is 5.97 Å². The fourth-order valence-corrected chi connectivity index (χ4v) is 3.05. The maximum Gasteiger partial charge on any atom is 0.307 e. The molecule has 1 heterocycles. The van der Waals surface area contributed by atoms with Gasteiger partial charge in [-0.15, -0.1) is 0 Å². The van der Waals surface area contributed by atoms with Gasteiger partial charge < -0.3 is 15.2 Å². The fourth-order valence-electron chi connectivity index (χ4n) is 2.32. The average Bonchev–Trinajstić information content (AvgIpc) is 2.78. The predicted octanol–water partition coefficient (Wildman–Crippen LogP) is 2.50. The van der Waals surface area contributed by atoms with Crippen LogP contribution in [0.15, 0.2) is 16.6 Å². The summed E-state index contributed by atoms with van der Waals surface area (Å²) in [5.41, 5.74) is 2.11. The summed E-state index contributed by atoms with van der Waals surface area (Å²) in [5, 5.41) is 12.3. The van der Waals surface area contributed by atoms with Crippen molar-refractivity contribution in [1.29, 1.82) is 0 Å². The number of hydrogen-bond donors (Lipinski definition) is 2. The predicted molar refractivity (Wildman–Crippen MR) is 71.9 cm³/mol. The second-order valence-electron chi connectivity index (χ2n) is 4.58. The van der Waals surface area contributed by atoms with E-state index in [1.807, 2.05) is 19.1 Å². The number of halogens is 1. The molecule has 1 aliphatic rings. The van der Waals surface area contributed by atoms with Crippen LogP contribution in [0.4, 0.5) is 0 Å². The third-order valence-electron chi connectivity index (χ3n) is 3.37. The summed E-state index contributed by atoms with van der Waals surface area (Å²) in [6.45, 7) is 2.50. The van der Waals surface area contributed by atoms with Gasteiger partial charge in [0.1, 0.15) is 5.75 Å². The van der Waals surface area contributed by atoms with E-state index in [-0.39, 0.29) is 12.0 Å². The minimum Gasteiger partial charge on any atom is -0.496 e. The molecule has 18 heavy (non-hydrogen) atoms. The summed E-state index contributed by atoms with van der Waals surface area (Å²) in [4.78, 5) is 11.0. The molecule has 2 N–H and O–H groups in total. The zero-order chi connectivity index (χ0) is 13.3. The highest BCUT2D eigenvalue weighted by atomic mass is 79.9. The second-order valence-corrected chi connectivity index (χ2v) is 5.43. The molecular formula is C13H16BrNO3. The molecule has 0 spiro atoms. The van der Waals surface area contributed by atoms with Crippen molar-refractivity contribution in [2.24, 2.45) is 5.92 Å². The van der Waals surface area contributed by atoms with Crippen LogP contribution in [0.3, 0.4) is 0 Å². The van der Waals surface area contributed by atoms with Crippen LogP contribution in [-0.4, -0.2) is 24.7 Å². The molecular weight excluding hydrogens is 298 g/mol. The first-order valence-corrected chi connectivity index (χ1v) is 6.62. The molecule has 0 amide bonds. The van der Waals surface area contributed by atoms with Crippen molar-refractivity contribution in [3.63, 3.8) is 0 Å². The van der Waals surface area contributed by atoms with Gasteiger partial charge in [-0.05, 0) is 36.6 Å². The van der Waals surface area contributed by atoms with E-state index in [1.165, 1.54) is 0 Å². The van der Waals surface area contributed by atoms with Gasteiger partial charge in [-0.2, -0.15) is 0 Å². The van der Waals surface area contributed by atoms with E-state index >= 15 is 0 Å². The summed E-state index contributed by atoms with van der Waals surface area (Å²) >= 11 is 3.53. The van der Waals surface area contributed by atoms with Crippen molar-refractivity contribution >= 4 is 21.9 Å². The molecule has 1 aliphatic heterocycles. The Morgan fingerprint density at radius 3 is 2.83 bits per heavy atom. The van der Waals surface area contributed by atoms with Crippen molar-refractivity contribution in [3.8, 4) is 5.75 Å². The number of carboxylic acids is 1. The molecule has 5 heteroatoms. The van der Waals surface area contributed by atoms with Gasteiger partial charge in [0.05, 0.1) is 13.0 Å². The van der Waals surface area contributed by atoms with E-state index in [1.54, 1.807) is 7.11 Å². The van der Waals surface area contributed by atoms with Crippen molar-refractivity contribution in [2.45, 2.75) is 19.4 Å². The molecule has 1 saturated heterocycles. The monoisotopic (exact) mass is 313 g/mol. The number of aliphatic carboxylic acids is 1. The lowest BCUT2D eigenvalue weighted by molar-refractivity contribution is -0.141. The lowest BCUT2D eigenvalue weighted by atomic mass is 9.99. The zero-order valence-electron chi connectivity index (χ0n) is 10.4. The fraction of sp³-hybridized carbons (Fsp3) is 0.462. The molecule has 2 rings (SSSR count). The van der Waals surface area contributed by atoms with Crippen molar-refractivity contribution < 1.29 is 14.6 Å². The quantitative estimate of drug-likeness (QED) is 0.900. The van der Waals surface area contributed by atoms with Gasteiger partial charge in [0, 0.05) is 17.1 Å². The largest absolute Gasteiger partial charge is 0.496 e. The summed E-state index contributed by atoms with van der Waals surface area (Å²) in [6.07, 6.45) is 0.611. The van der Waals surface area contributed by atoms with Crippen LogP contribution in [0, 0.1) is 12.8 Å². The number of ether oxygens (including phenoxy) is 1. The SMILES string of the molecule is COc1cc(C2CC(C(=O)O)CN2)c(Br)cc1C. The molecule has 4 nitrogen and oxygen atoms in total. The first-order valence-electron chi connectivity index (χ1n) is 5.83. The third-order valence-corrected chi connectivity index (χ3v) is 4.06. The number of rotatable bonds is 3. The molecule has 1 aromatic carbocycles. The van der Waals surface area contributed by atoms with Gasteiger partial charge in [-0.25, -0.2) is 0 Å². The summed E-state index contributed by atoms with van der Waals surface area (Å²) in [6, 6.07) is 4.04. The minimum absolute atomic E-state index is 0.0648. The van der Waals surface area contributed by atoms with Crippen LogP contribution < -0.4 is 10.1 Å². The van der Waals surface area contributed by atoms with Gasteiger partial charge in [0.15, 0.2) is 0 Å². The van der Waals surface area contributed by atoms with Crippen molar-refractivity contribution in [3.05, 3.63) is 27.7 Å². The highest BCUT2D eigenvalue weighted by molar-refractivity contribution is 9.10. The normalized spacial score (nSPS) is 23.1. The Morgan fingerprint density at radius 2 is 2.28 bits per heavy atom. The number of aryl methyl sites for hydroxylation is 1. The molecule has 0 aromatic heterocycles. The lowest BCUT2D eigenvalue weighted by Crippen LogP contribution is -2.17. The Kier molecular flexibility index (Phi) is 3.92. The number of methoxy groups -OCH3 is 1. The Balaban J connectivity index is 2.26. The molecule has 98 valence electrons. The summed E-state index contributed by atoms with van der Waals surface area (Å²) in [5.74, 6) is -0.219. The highest BCUT2D eigenvalue weighted by Crippen LogP contribution is 2.35. The van der Waals surface area contributed by atoms with E-state index < -0.39 is 5.97 Å². The Labute approximate surface area is 114 Å². The molecule has 0 bridgehead atoms. The number of benzene rings is 1. The van der Waals surface area contributed by atoms with E-state index in [0.717, 1.165) is 21.3 Å². The van der Waals surface area contributed by atoms with Crippen LogP contribution >= 0.6 is 15.9 Å². The van der Waals surface area contributed by atoms with Gasteiger partial charge in [-0.3, -0.25) is 4.79 Å². The molecule has 1 fully saturated rings. The van der Waals surface area contributed by atoms with Crippen molar-refractivity contribution in [2.75, 3.05) is 13.7 Å². The zero-order valence-corrected chi connectivity index (χ0v) is 12.0. The number of hydrogen-bond acceptors (Lipinski definition) is 3. The smallest absolute Gasteiger partial charge is 0.307 e. The van der Waals surface area contributed by atoms with Crippen molar-refractivity contribution in [1.82, 2.24) is 5.32 Å². The first kappa shape index (κ1) is 13.4. The Hall–Kier alpha value is -1.07. The van der Waals surface area contributed by atoms with E-state index in [0.29, 0.717) is 13.0 Å². The number of carbonyl (C=O) groups is 1. The topological polar surface area (TPSA) is 58.6 Å². The molecule has 2 atom stereocenters. The number of nitrogens with one attached hydrogen (secondary N) is 1. The molecule has 2 unspecified atom stereocenters. The molecule has 1 aromatic rings. The summed E-state index contributed by atoms with van der Waals surface area (Å²) < 4.78 is 6.30. The van der Waals surface area contributed by atoms with Crippen LogP contribution in [0.1, 0.15) is 23.6 Å². The molecule has 0 saturated carbocycles. The highest BCUT2D eigenvalue weighted by Gasteiger charge is 2.31. The first-order chi connectivity index (χ1) is 8.52. The average molecular weight is 314 g/mol. The lowest BCUT2D eigenvalue weighted by Gasteiger charge is -2.16. The maximum absolute atomic E-state index is 11.0. The summed E-state index contributed by atoms with van der Waals surface area (Å²) in [7, 11) is 1.64.